The lowest BCUT2D eigenvalue weighted by molar-refractivity contribution is 0.670. The van der Waals surface area contributed by atoms with Crippen LogP contribution in [0.25, 0.3) is 110 Å². The van der Waals surface area contributed by atoms with E-state index in [4.69, 9.17) is 8.83 Å². The Morgan fingerprint density at radius 1 is 0.270 bits per heavy atom. The number of fused-ring (bicyclic) bond motifs is 10. The summed E-state index contributed by atoms with van der Waals surface area (Å²) in [5, 5.41) is 11.7. The highest BCUT2D eigenvalue weighted by Crippen LogP contribution is 2.47. The number of nitrogens with zero attached hydrogens (tertiary/aromatic N) is 1. The van der Waals surface area contributed by atoms with E-state index in [1.165, 1.54) is 49.0 Å². The first-order valence-electron chi connectivity index (χ1n) is 21.5. The molecule has 0 bridgehead atoms. The molecule has 13 rings (SSSR count). The van der Waals surface area contributed by atoms with Crippen LogP contribution < -0.4 is 4.90 Å². The Kier molecular flexibility index (Phi) is 7.91. The van der Waals surface area contributed by atoms with E-state index in [-0.39, 0.29) is 0 Å². The normalized spacial score (nSPS) is 11.8. The molecule has 0 aliphatic rings. The maximum absolute atomic E-state index is 7.01. The summed E-state index contributed by atoms with van der Waals surface area (Å²) in [5.74, 6) is 0. The van der Waals surface area contributed by atoms with Crippen LogP contribution in [0.4, 0.5) is 17.1 Å². The number of furan rings is 2. The quantitative estimate of drug-likeness (QED) is 0.157. The van der Waals surface area contributed by atoms with Crippen molar-refractivity contribution >= 4 is 93.3 Å². The molecule has 0 N–H and O–H groups in total. The fourth-order valence-corrected chi connectivity index (χ4v) is 9.87. The van der Waals surface area contributed by atoms with Crippen LogP contribution in [0.1, 0.15) is 0 Å². The summed E-state index contributed by atoms with van der Waals surface area (Å²) in [6, 6.07) is 80.4. The molecule has 11 aromatic carbocycles. The van der Waals surface area contributed by atoms with Gasteiger partial charge in [-0.25, -0.2) is 0 Å². The minimum absolute atomic E-state index is 0.851. The molecule has 0 saturated carbocycles. The van der Waals surface area contributed by atoms with Crippen LogP contribution in [0.2, 0.25) is 0 Å². The van der Waals surface area contributed by atoms with Crippen molar-refractivity contribution in [2.24, 2.45) is 0 Å². The first-order chi connectivity index (χ1) is 31.2. The third-order valence-electron chi connectivity index (χ3n) is 12.8. The molecule has 63 heavy (non-hydrogen) atoms. The standard InChI is InChI=1S/C60H37NO2/c1-2-13-38(14-3-1)39-25-29-43(30-26-39)61(44-31-27-40(28-32-44)48-22-12-23-52-51-21-10-11-24-56(51)62-59(48)52)45-33-34-57-53(37-45)55-36-42-16-5-7-18-47(42)58(60(55)63-57)54-35-41-15-4-6-17-46(41)49-19-8-9-20-50(49)54/h1-37H. The lowest BCUT2D eigenvalue weighted by Crippen LogP contribution is -2.09. The second kappa shape index (κ2) is 14.1. The van der Waals surface area contributed by atoms with Crippen LogP contribution >= 0.6 is 0 Å². The van der Waals surface area contributed by atoms with Crippen molar-refractivity contribution in [2.75, 3.05) is 4.90 Å². The molecule has 3 heteroatoms. The van der Waals surface area contributed by atoms with Crippen LogP contribution in [0.15, 0.2) is 233 Å². The topological polar surface area (TPSA) is 29.5 Å². The Morgan fingerprint density at radius 3 is 1.60 bits per heavy atom. The first-order valence-corrected chi connectivity index (χ1v) is 21.5. The van der Waals surface area contributed by atoms with Crippen molar-refractivity contribution in [3.8, 4) is 33.4 Å². The van der Waals surface area contributed by atoms with Gasteiger partial charge in [0, 0.05) is 49.7 Å². The molecular weight excluding hydrogens is 767 g/mol. The molecule has 0 atom stereocenters. The number of hydrogen-bond acceptors (Lipinski definition) is 3. The summed E-state index contributed by atoms with van der Waals surface area (Å²) in [6.07, 6.45) is 0. The van der Waals surface area contributed by atoms with Crippen molar-refractivity contribution in [3.63, 3.8) is 0 Å². The van der Waals surface area contributed by atoms with Crippen LogP contribution in [-0.4, -0.2) is 0 Å². The molecular formula is C60H37NO2. The highest BCUT2D eigenvalue weighted by molar-refractivity contribution is 6.24. The van der Waals surface area contributed by atoms with E-state index in [1.54, 1.807) is 0 Å². The summed E-state index contributed by atoms with van der Waals surface area (Å²) < 4.78 is 13.5. The van der Waals surface area contributed by atoms with Crippen LogP contribution in [0, 0.1) is 0 Å². The van der Waals surface area contributed by atoms with Gasteiger partial charge in [0.15, 0.2) is 0 Å². The highest BCUT2D eigenvalue weighted by Gasteiger charge is 2.22. The van der Waals surface area contributed by atoms with Gasteiger partial charge in [-0.2, -0.15) is 0 Å². The molecule has 0 saturated heterocycles. The van der Waals surface area contributed by atoms with E-state index in [0.29, 0.717) is 0 Å². The molecule has 2 heterocycles. The summed E-state index contributed by atoms with van der Waals surface area (Å²) in [7, 11) is 0. The first kappa shape index (κ1) is 35.4. The molecule has 294 valence electrons. The van der Waals surface area contributed by atoms with Crippen LogP contribution in [-0.2, 0) is 0 Å². The SMILES string of the molecule is c1ccc(-c2ccc(N(c3ccc(-c4cccc5c4oc4ccccc45)cc3)c3ccc4oc5c(-c6cc7ccccc7c7ccccc67)c6ccccc6cc5c4c3)cc2)cc1. The molecule has 2 aromatic heterocycles. The van der Waals surface area contributed by atoms with Crippen molar-refractivity contribution in [1.82, 2.24) is 0 Å². The largest absolute Gasteiger partial charge is 0.455 e. The molecule has 0 aliphatic carbocycles. The zero-order chi connectivity index (χ0) is 41.4. The Balaban J connectivity index is 1.000. The van der Waals surface area contributed by atoms with Crippen LogP contribution in [0.3, 0.4) is 0 Å². The maximum atomic E-state index is 7.01. The van der Waals surface area contributed by atoms with Gasteiger partial charge in [0.25, 0.3) is 0 Å². The smallest absolute Gasteiger partial charge is 0.143 e. The fourth-order valence-electron chi connectivity index (χ4n) is 9.87. The lowest BCUT2D eigenvalue weighted by Gasteiger charge is -2.26. The van der Waals surface area contributed by atoms with Gasteiger partial charge >= 0.3 is 0 Å². The van der Waals surface area contributed by atoms with Gasteiger partial charge in [-0.3, -0.25) is 0 Å². The zero-order valence-corrected chi connectivity index (χ0v) is 34.1. The number of benzene rings is 11. The molecule has 3 nitrogen and oxygen atoms in total. The van der Waals surface area contributed by atoms with Crippen molar-refractivity contribution < 1.29 is 8.83 Å². The van der Waals surface area contributed by atoms with Crippen molar-refractivity contribution in [2.45, 2.75) is 0 Å². The Labute approximate surface area is 363 Å². The Hall–Kier alpha value is -8.40. The average molecular weight is 804 g/mol. The number of rotatable bonds is 6. The Bertz CT molecular complexity index is 3900. The zero-order valence-electron chi connectivity index (χ0n) is 34.1. The van der Waals surface area contributed by atoms with E-state index >= 15 is 0 Å². The van der Waals surface area contributed by atoms with Gasteiger partial charge in [-0.1, -0.05) is 164 Å². The monoisotopic (exact) mass is 803 g/mol. The van der Waals surface area contributed by atoms with Gasteiger partial charge in [-0.15, -0.1) is 0 Å². The molecule has 0 fully saturated rings. The summed E-state index contributed by atoms with van der Waals surface area (Å²) in [6.45, 7) is 0. The summed E-state index contributed by atoms with van der Waals surface area (Å²) in [5.41, 5.74) is 13.5. The van der Waals surface area contributed by atoms with Gasteiger partial charge in [0.1, 0.15) is 22.3 Å². The van der Waals surface area contributed by atoms with E-state index < -0.39 is 0 Å². The second-order valence-corrected chi connectivity index (χ2v) is 16.4. The molecule has 0 amide bonds. The highest BCUT2D eigenvalue weighted by atomic mass is 16.3. The average Bonchev–Trinajstić information content (AvgIpc) is 3.92. The maximum Gasteiger partial charge on any atom is 0.143 e. The Morgan fingerprint density at radius 2 is 0.825 bits per heavy atom. The third-order valence-corrected chi connectivity index (χ3v) is 12.8. The van der Waals surface area contributed by atoms with E-state index in [1.807, 2.05) is 12.1 Å². The summed E-state index contributed by atoms with van der Waals surface area (Å²) in [4.78, 5) is 2.34. The molecule has 0 unspecified atom stereocenters. The predicted octanol–water partition coefficient (Wildman–Crippen LogP) is 17.4. The van der Waals surface area contributed by atoms with E-state index in [0.717, 1.165) is 77.6 Å². The molecule has 0 spiro atoms. The van der Waals surface area contributed by atoms with Gasteiger partial charge in [0.05, 0.1) is 0 Å². The minimum atomic E-state index is 0.851. The number of anilines is 3. The van der Waals surface area contributed by atoms with Crippen molar-refractivity contribution in [3.05, 3.63) is 224 Å². The molecule has 0 radical (unpaired) electrons. The van der Waals surface area contributed by atoms with Crippen LogP contribution in [0.5, 0.6) is 0 Å². The van der Waals surface area contributed by atoms with Gasteiger partial charge in [0.2, 0.25) is 0 Å². The number of hydrogen-bond donors (Lipinski definition) is 0. The second-order valence-electron chi connectivity index (χ2n) is 16.4. The van der Waals surface area contributed by atoms with E-state index in [9.17, 15) is 0 Å². The third kappa shape index (κ3) is 5.67. The fraction of sp³-hybridized carbons (Fsp3) is 0. The van der Waals surface area contributed by atoms with E-state index in [2.05, 4.69) is 217 Å². The molecule has 13 aromatic rings. The van der Waals surface area contributed by atoms with Crippen molar-refractivity contribution in [1.29, 1.82) is 0 Å². The molecule has 0 aliphatic heterocycles. The van der Waals surface area contributed by atoms with Gasteiger partial charge in [-0.05, 0) is 115 Å². The number of para-hydroxylation sites is 2. The predicted molar refractivity (Wildman–Crippen MR) is 265 cm³/mol. The van der Waals surface area contributed by atoms with Gasteiger partial charge < -0.3 is 13.7 Å². The summed E-state index contributed by atoms with van der Waals surface area (Å²) >= 11 is 0. The lowest BCUT2D eigenvalue weighted by atomic mass is 9.89. The minimum Gasteiger partial charge on any atom is -0.455 e.